The summed E-state index contributed by atoms with van der Waals surface area (Å²) in [6, 6.07) is 6.92. The van der Waals surface area contributed by atoms with Crippen LogP contribution in [-0.2, 0) is 16.0 Å². The molecule has 1 unspecified atom stereocenters. The fraction of sp³-hybridized carbons (Fsp3) is 0.333. The second-order valence-corrected chi connectivity index (χ2v) is 4.24. The van der Waals surface area contributed by atoms with Crippen molar-refractivity contribution in [1.29, 1.82) is 0 Å². The van der Waals surface area contributed by atoms with Crippen LogP contribution >= 0.6 is 11.6 Å². The van der Waals surface area contributed by atoms with Crippen LogP contribution < -0.4 is 0 Å². The maximum absolute atomic E-state index is 11.0. The van der Waals surface area contributed by atoms with Crippen molar-refractivity contribution in [3.63, 3.8) is 0 Å². The number of hydrogen-bond acceptors (Lipinski definition) is 2. The van der Waals surface area contributed by atoms with E-state index in [-0.39, 0.29) is 12.8 Å². The molecule has 0 heterocycles. The third-order valence-electron chi connectivity index (χ3n) is 2.43. The Balaban J connectivity index is 2.66. The van der Waals surface area contributed by atoms with Crippen LogP contribution in [0.5, 0.6) is 0 Å². The quantitative estimate of drug-likeness (QED) is 0.820. The molecule has 0 aliphatic heterocycles. The maximum atomic E-state index is 11.0. The Morgan fingerprint density at radius 3 is 2.53 bits per heavy atom. The van der Waals surface area contributed by atoms with Crippen molar-refractivity contribution in [2.45, 2.75) is 19.3 Å². The molecule has 92 valence electrons. The van der Waals surface area contributed by atoms with Crippen LogP contribution in [0, 0.1) is 5.92 Å². The molecule has 0 saturated heterocycles. The molecule has 0 saturated carbocycles. The molecule has 0 bridgehead atoms. The van der Waals surface area contributed by atoms with Gasteiger partial charge >= 0.3 is 11.9 Å². The van der Waals surface area contributed by atoms with Crippen LogP contribution in [0.1, 0.15) is 18.4 Å². The van der Waals surface area contributed by atoms with E-state index in [0.29, 0.717) is 11.4 Å². The SMILES string of the molecule is O=C(O)CCC(Cc1cccc(Cl)c1)C(=O)O. The largest absolute Gasteiger partial charge is 0.481 e. The first-order chi connectivity index (χ1) is 7.99. The predicted molar refractivity (Wildman–Crippen MR) is 63.2 cm³/mol. The van der Waals surface area contributed by atoms with Gasteiger partial charge in [-0.3, -0.25) is 9.59 Å². The Morgan fingerprint density at radius 2 is 2.00 bits per heavy atom. The van der Waals surface area contributed by atoms with Gasteiger partial charge in [0.15, 0.2) is 0 Å². The van der Waals surface area contributed by atoms with Gasteiger partial charge in [-0.1, -0.05) is 23.7 Å². The number of rotatable bonds is 6. The highest BCUT2D eigenvalue weighted by Gasteiger charge is 2.19. The molecule has 1 aromatic carbocycles. The standard InChI is InChI=1S/C12H13ClO4/c13-10-3-1-2-8(7-10)6-9(12(16)17)4-5-11(14)15/h1-3,7,9H,4-6H2,(H,14,15)(H,16,17). The third kappa shape index (κ3) is 4.87. The van der Waals surface area contributed by atoms with Gasteiger partial charge < -0.3 is 10.2 Å². The van der Waals surface area contributed by atoms with Crippen LogP contribution in [0.3, 0.4) is 0 Å². The lowest BCUT2D eigenvalue weighted by molar-refractivity contribution is -0.142. The van der Waals surface area contributed by atoms with Gasteiger partial charge in [0.25, 0.3) is 0 Å². The monoisotopic (exact) mass is 256 g/mol. The summed E-state index contributed by atoms with van der Waals surface area (Å²) in [5.74, 6) is -2.65. The minimum Gasteiger partial charge on any atom is -0.481 e. The van der Waals surface area contributed by atoms with Gasteiger partial charge in [0.2, 0.25) is 0 Å². The number of benzene rings is 1. The summed E-state index contributed by atoms with van der Waals surface area (Å²) in [5.41, 5.74) is 0.801. The topological polar surface area (TPSA) is 74.6 Å². The van der Waals surface area contributed by atoms with E-state index in [1.807, 2.05) is 0 Å². The predicted octanol–water partition coefficient (Wildman–Crippen LogP) is 2.45. The van der Waals surface area contributed by atoms with Crippen LogP contribution in [0.15, 0.2) is 24.3 Å². The Kier molecular flexibility index (Phi) is 4.97. The minimum absolute atomic E-state index is 0.122. The van der Waals surface area contributed by atoms with Crippen molar-refractivity contribution >= 4 is 23.5 Å². The van der Waals surface area contributed by atoms with Gasteiger partial charge in [-0.15, -0.1) is 0 Å². The summed E-state index contributed by atoms with van der Waals surface area (Å²) in [4.78, 5) is 21.4. The molecule has 1 rings (SSSR count). The number of carbonyl (C=O) groups is 2. The zero-order chi connectivity index (χ0) is 12.8. The van der Waals surface area contributed by atoms with Crippen LogP contribution in [-0.4, -0.2) is 22.2 Å². The van der Waals surface area contributed by atoms with Crippen molar-refractivity contribution in [2.75, 3.05) is 0 Å². The first kappa shape index (κ1) is 13.5. The highest BCUT2D eigenvalue weighted by Crippen LogP contribution is 2.18. The minimum atomic E-state index is -0.984. The Hall–Kier alpha value is -1.55. The molecule has 0 amide bonds. The molecule has 5 heteroatoms. The molecule has 0 fully saturated rings. The Bertz CT molecular complexity index is 417. The average molecular weight is 257 g/mol. The van der Waals surface area contributed by atoms with Crippen LogP contribution in [0.25, 0.3) is 0 Å². The lowest BCUT2D eigenvalue weighted by atomic mass is 9.95. The van der Waals surface area contributed by atoms with E-state index in [0.717, 1.165) is 5.56 Å². The fourth-order valence-corrected chi connectivity index (χ4v) is 1.77. The van der Waals surface area contributed by atoms with E-state index >= 15 is 0 Å². The van der Waals surface area contributed by atoms with E-state index in [9.17, 15) is 9.59 Å². The molecule has 1 atom stereocenters. The lowest BCUT2D eigenvalue weighted by Crippen LogP contribution is -2.17. The summed E-state index contributed by atoms with van der Waals surface area (Å²) in [7, 11) is 0. The van der Waals surface area contributed by atoms with Crippen molar-refractivity contribution in [3.8, 4) is 0 Å². The van der Waals surface area contributed by atoms with E-state index in [2.05, 4.69) is 0 Å². The van der Waals surface area contributed by atoms with Gasteiger partial charge in [-0.05, 0) is 30.5 Å². The molecule has 2 N–H and O–H groups in total. The molecule has 0 radical (unpaired) electrons. The van der Waals surface area contributed by atoms with Crippen LogP contribution in [0.2, 0.25) is 5.02 Å². The number of carboxylic acid groups (broad SMARTS) is 2. The smallest absolute Gasteiger partial charge is 0.306 e. The normalized spacial score (nSPS) is 12.1. The van der Waals surface area contributed by atoms with Gasteiger partial charge in [-0.2, -0.15) is 0 Å². The first-order valence-electron chi connectivity index (χ1n) is 5.18. The van der Waals surface area contributed by atoms with Gasteiger partial charge in [0.1, 0.15) is 0 Å². The lowest BCUT2D eigenvalue weighted by Gasteiger charge is -2.11. The van der Waals surface area contributed by atoms with E-state index in [4.69, 9.17) is 21.8 Å². The maximum Gasteiger partial charge on any atom is 0.306 e. The number of hydrogen-bond donors (Lipinski definition) is 2. The summed E-state index contributed by atoms with van der Waals surface area (Å²) < 4.78 is 0. The van der Waals surface area contributed by atoms with Crippen molar-refractivity contribution in [1.82, 2.24) is 0 Å². The second kappa shape index (κ2) is 6.25. The zero-order valence-electron chi connectivity index (χ0n) is 9.10. The summed E-state index contributed by atoms with van der Waals surface area (Å²) in [6.07, 6.45) is 0.276. The molecule has 0 aliphatic rings. The van der Waals surface area contributed by atoms with E-state index < -0.39 is 17.9 Å². The third-order valence-corrected chi connectivity index (χ3v) is 2.66. The fourth-order valence-electron chi connectivity index (χ4n) is 1.56. The average Bonchev–Trinajstić information content (AvgIpc) is 2.23. The van der Waals surface area contributed by atoms with E-state index in [1.54, 1.807) is 24.3 Å². The number of aliphatic carboxylic acids is 2. The molecule has 4 nitrogen and oxygen atoms in total. The molecule has 0 aliphatic carbocycles. The molecular formula is C12H13ClO4. The summed E-state index contributed by atoms with van der Waals surface area (Å²) in [5, 5.41) is 18.1. The number of carboxylic acids is 2. The first-order valence-corrected chi connectivity index (χ1v) is 5.56. The zero-order valence-corrected chi connectivity index (χ0v) is 9.85. The van der Waals surface area contributed by atoms with Gasteiger partial charge in [0, 0.05) is 11.4 Å². The van der Waals surface area contributed by atoms with Crippen LogP contribution in [0.4, 0.5) is 0 Å². The number of halogens is 1. The van der Waals surface area contributed by atoms with Crippen molar-refractivity contribution in [2.24, 2.45) is 5.92 Å². The molecule has 17 heavy (non-hydrogen) atoms. The molecular weight excluding hydrogens is 244 g/mol. The van der Waals surface area contributed by atoms with Gasteiger partial charge in [0.05, 0.1) is 5.92 Å². The molecule has 1 aromatic rings. The molecule has 0 aromatic heterocycles. The highest BCUT2D eigenvalue weighted by molar-refractivity contribution is 6.30. The van der Waals surface area contributed by atoms with Crippen molar-refractivity contribution < 1.29 is 19.8 Å². The summed E-state index contributed by atoms with van der Waals surface area (Å²) >= 11 is 5.79. The summed E-state index contributed by atoms with van der Waals surface area (Å²) in [6.45, 7) is 0. The van der Waals surface area contributed by atoms with Gasteiger partial charge in [-0.25, -0.2) is 0 Å². The Labute approximate surface area is 104 Å². The van der Waals surface area contributed by atoms with Crippen molar-refractivity contribution in [3.05, 3.63) is 34.9 Å². The highest BCUT2D eigenvalue weighted by atomic mass is 35.5. The second-order valence-electron chi connectivity index (χ2n) is 3.80. The molecule has 0 spiro atoms. The van der Waals surface area contributed by atoms with E-state index in [1.165, 1.54) is 0 Å². The Morgan fingerprint density at radius 1 is 1.29 bits per heavy atom.